The number of methoxy groups -OCH3 is 1. The Morgan fingerprint density at radius 1 is 1.00 bits per heavy atom. The molecule has 0 radical (unpaired) electrons. The van der Waals surface area contributed by atoms with Gasteiger partial charge in [-0.1, -0.05) is 13.8 Å². The van der Waals surface area contributed by atoms with Gasteiger partial charge in [0.1, 0.15) is 17.8 Å². The van der Waals surface area contributed by atoms with E-state index < -0.39 is 5.60 Å². The molecule has 5 aliphatic carbocycles. The second-order valence-corrected chi connectivity index (χ2v) is 12.8. The normalized spacial score (nSPS) is 52.0. The highest BCUT2D eigenvalue weighted by atomic mass is 16.6. The molecular formula is C28H41NO7. The van der Waals surface area contributed by atoms with Crippen molar-refractivity contribution in [1.29, 1.82) is 0 Å². The Labute approximate surface area is 213 Å². The van der Waals surface area contributed by atoms with E-state index in [9.17, 15) is 14.4 Å². The summed E-state index contributed by atoms with van der Waals surface area (Å²) in [6.07, 6.45) is 3.54. The third kappa shape index (κ3) is 2.86. The molecule has 6 rings (SSSR count). The molecule has 0 unspecified atom stereocenters. The Hall–Kier alpha value is -1.67. The van der Waals surface area contributed by atoms with Gasteiger partial charge in [-0.15, -0.1) is 0 Å². The smallest absolute Gasteiger partial charge is 0.303 e. The summed E-state index contributed by atoms with van der Waals surface area (Å²) in [6.45, 7) is 11.0. The number of nitrogens with zero attached hydrogens (tertiary/aromatic N) is 1. The minimum atomic E-state index is -0.767. The van der Waals surface area contributed by atoms with E-state index in [2.05, 4.69) is 18.7 Å². The number of rotatable bonds is 5. The van der Waals surface area contributed by atoms with E-state index in [1.54, 1.807) is 7.11 Å². The van der Waals surface area contributed by atoms with E-state index in [0.717, 1.165) is 38.8 Å². The van der Waals surface area contributed by atoms with E-state index in [4.69, 9.17) is 18.9 Å². The molecule has 8 nitrogen and oxygen atoms in total. The van der Waals surface area contributed by atoms with Crippen LogP contribution < -0.4 is 0 Å². The molecule has 0 aromatic heterocycles. The molecule has 36 heavy (non-hydrogen) atoms. The predicted molar refractivity (Wildman–Crippen MR) is 129 cm³/mol. The monoisotopic (exact) mass is 503 g/mol. The largest absolute Gasteiger partial charge is 0.462 e. The standard InChI is InChI=1S/C28H41NO7/c1-7-29-13-26(5)9-8-22(34-14(2)30)28-18-10-17-20(33-6)12-27(36-16(4)32,19(25(28)29)11-21(26)28)23(18)24(17)35-15(3)31/h17-25H,7-13H2,1-6H3/t17-,18-,19+,20+,21-,22+,23+,24+,25-,26+,27+,28-/m1/s1. The lowest BCUT2D eigenvalue weighted by molar-refractivity contribution is -0.275. The zero-order valence-corrected chi connectivity index (χ0v) is 22.5. The molecule has 7 bridgehead atoms. The van der Waals surface area contributed by atoms with E-state index >= 15 is 0 Å². The molecule has 6 fully saturated rings. The number of carbonyl (C=O) groups is 3. The van der Waals surface area contributed by atoms with Gasteiger partial charge < -0.3 is 18.9 Å². The first-order chi connectivity index (χ1) is 17.0. The predicted octanol–water partition coefficient (Wildman–Crippen LogP) is 2.96. The van der Waals surface area contributed by atoms with Gasteiger partial charge >= 0.3 is 17.9 Å². The maximum Gasteiger partial charge on any atom is 0.303 e. The molecular weight excluding hydrogens is 462 g/mol. The summed E-state index contributed by atoms with van der Waals surface area (Å²) in [5.74, 6) is -0.373. The summed E-state index contributed by atoms with van der Waals surface area (Å²) in [5.41, 5.74) is -0.914. The molecule has 12 atom stereocenters. The molecule has 0 amide bonds. The molecule has 0 aromatic rings. The summed E-state index contributed by atoms with van der Waals surface area (Å²) in [5, 5.41) is 0. The third-order valence-electron chi connectivity index (χ3n) is 11.5. The Kier molecular flexibility index (Phi) is 5.42. The van der Waals surface area contributed by atoms with Gasteiger partial charge in [0, 0.05) is 70.1 Å². The molecule has 1 heterocycles. The zero-order valence-electron chi connectivity index (χ0n) is 22.5. The minimum Gasteiger partial charge on any atom is -0.462 e. The summed E-state index contributed by atoms with van der Waals surface area (Å²) >= 11 is 0. The van der Waals surface area contributed by atoms with Gasteiger partial charge in [-0.05, 0) is 49.5 Å². The average Bonchev–Trinajstić information content (AvgIpc) is 3.23. The number of esters is 3. The highest BCUT2D eigenvalue weighted by Gasteiger charge is 2.85. The number of ether oxygens (including phenoxy) is 4. The van der Waals surface area contributed by atoms with Crippen LogP contribution in [0.1, 0.15) is 66.7 Å². The van der Waals surface area contributed by atoms with Crippen molar-refractivity contribution in [3.05, 3.63) is 0 Å². The Balaban J connectivity index is 1.61. The van der Waals surface area contributed by atoms with E-state index in [-0.39, 0.29) is 76.8 Å². The SMILES string of the molecule is CCN1C[C@]2(C)CC[C@H](OC(C)=O)[C@@]34[C@@H]5C[C@H]6[C@H](OC(C)=O)[C@H]5[C@](OC(C)=O)(C[C@@H]6OC)[C@@H](C[C@H]23)[C@@H]14. The molecule has 5 saturated carbocycles. The molecule has 1 spiro atoms. The fourth-order valence-corrected chi connectivity index (χ4v) is 11.1. The van der Waals surface area contributed by atoms with Crippen LogP contribution in [0.2, 0.25) is 0 Å². The lowest BCUT2D eigenvalue weighted by Gasteiger charge is -2.69. The van der Waals surface area contributed by atoms with Gasteiger partial charge in [0.25, 0.3) is 0 Å². The Morgan fingerprint density at radius 3 is 2.33 bits per heavy atom. The van der Waals surface area contributed by atoms with Gasteiger partial charge in [-0.25, -0.2) is 0 Å². The van der Waals surface area contributed by atoms with Crippen molar-refractivity contribution in [3.63, 3.8) is 0 Å². The van der Waals surface area contributed by atoms with Crippen molar-refractivity contribution >= 4 is 17.9 Å². The van der Waals surface area contributed by atoms with E-state index in [1.807, 2.05) is 0 Å². The van der Waals surface area contributed by atoms with Crippen molar-refractivity contribution in [2.75, 3.05) is 20.2 Å². The second-order valence-electron chi connectivity index (χ2n) is 12.8. The molecule has 0 N–H and O–H groups in total. The Bertz CT molecular complexity index is 985. The highest BCUT2D eigenvalue weighted by Crippen LogP contribution is 2.79. The van der Waals surface area contributed by atoms with Gasteiger partial charge in [0.05, 0.1) is 6.10 Å². The van der Waals surface area contributed by atoms with Crippen molar-refractivity contribution < 1.29 is 33.3 Å². The van der Waals surface area contributed by atoms with Crippen LogP contribution in [-0.2, 0) is 33.3 Å². The third-order valence-corrected chi connectivity index (χ3v) is 11.5. The number of fused-ring (bicyclic) bond motifs is 2. The zero-order chi connectivity index (χ0) is 25.8. The molecule has 6 aliphatic rings. The van der Waals surface area contributed by atoms with Gasteiger partial charge in [0.2, 0.25) is 0 Å². The van der Waals surface area contributed by atoms with Crippen molar-refractivity contribution in [2.24, 2.45) is 40.4 Å². The summed E-state index contributed by atoms with van der Waals surface area (Å²) in [7, 11) is 1.71. The summed E-state index contributed by atoms with van der Waals surface area (Å²) < 4.78 is 24.9. The maximum atomic E-state index is 12.8. The summed E-state index contributed by atoms with van der Waals surface area (Å²) in [6, 6.07) is 0.151. The molecule has 0 aromatic carbocycles. The van der Waals surface area contributed by atoms with Crippen molar-refractivity contribution in [2.45, 2.75) is 96.7 Å². The van der Waals surface area contributed by atoms with Crippen LogP contribution in [0.15, 0.2) is 0 Å². The number of hydrogen-bond acceptors (Lipinski definition) is 8. The first-order valence-electron chi connectivity index (χ1n) is 13.8. The van der Waals surface area contributed by atoms with Crippen LogP contribution >= 0.6 is 0 Å². The molecule has 200 valence electrons. The van der Waals surface area contributed by atoms with Crippen LogP contribution in [-0.4, -0.2) is 73.0 Å². The lowest BCUT2D eigenvalue weighted by atomic mass is 9.43. The van der Waals surface area contributed by atoms with Gasteiger partial charge in [-0.2, -0.15) is 0 Å². The van der Waals surface area contributed by atoms with Crippen LogP contribution in [0, 0.1) is 40.4 Å². The van der Waals surface area contributed by atoms with Crippen LogP contribution in [0.4, 0.5) is 0 Å². The molecule has 1 aliphatic heterocycles. The lowest BCUT2D eigenvalue weighted by Crippen LogP contribution is -2.76. The Morgan fingerprint density at radius 2 is 1.72 bits per heavy atom. The first kappa shape index (κ1) is 24.7. The van der Waals surface area contributed by atoms with Crippen molar-refractivity contribution in [3.8, 4) is 0 Å². The quantitative estimate of drug-likeness (QED) is 0.418. The van der Waals surface area contributed by atoms with Crippen LogP contribution in [0.3, 0.4) is 0 Å². The van der Waals surface area contributed by atoms with E-state index in [1.165, 1.54) is 20.8 Å². The fraction of sp³-hybridized carbons (Fsp3) is 0.893. The fourth-order valence-electron chi connectivity index (χ4n) is 11.1. The van der Waals surface area contributed by atoms with Crippen LogP contribution in [0.25, 0.3) is 0 Å². The number of hydrogen-bond donors (Lipinski definition) is 0. The maximum absolute atomic E-state index is 12.8. The van der Waals surface area contributed by atoms with Gasteiger partial charge in [0.15, 0.2) is 0 Å². The number of carbonyl (C=O) groups excluding carboxylic acids is 3. The second kappa shape index (κ2) is 7.92. The number of piperidine rings is 1. The molecule has 1 saturated heterocycles. The average molecular weight is 504 g/mol. The van der Waals surface area contributed by atoms with Crippen molar-refractivity contribution in [1.82, 2.24) is 4.90 Å². The number of likely N-dealkylation sites (tertiary alicyclic amines) is 1. The van der Waals surface area contributed by atoms with E-state index in [0.29, 0.717) is 12.3 Å². The minimum absolute atomic E-state index is 0.0354. The van der Waals surface area contributed by atoms with Crippen LogP contribution in [0.5, 0.6) is 0 Å². The highest BCUT2D eigenvalue weighted by molar-refractivity contribution is 5.68. The topological polar surface area (TPSA) is 91.4 Å². The summed E-state index contributed by atoms with van der Waals surface area (Å²) in [4.78, 5) is 40.2. The first-order valence-corrected chi connectivity index (χ1v) is 13.8. The van der Waals surface area contributed by atoms with Gasteiger partial charge in [-0.3, -0.25) is 19.3 Å². The molecule has 8 heteroatoms.